The highest BCUT2D eigenvalue weighted by molar-refractivity contribution is 9.09. The van der Waals surface area contributed by atoms with Gasteiger partial charge in [0.2, 0.25) is 0 Å². The Labute approximate surface area is 97.4 Å². The van der Waals surface area contributed by atoms with E-state index in [2.05, 4.69) is 34.7 Å². The summed E-state index contributed by atoms with van der Waals surface area (Å²) in [5.41, 5.74) is 0. The zero-order valence-electron chi connectivity index (χ0n) is 9.64. The van der Waals surface area contributed by atoms with Crippen molar-refractivity contribution in [3.63, 3.8) is 0 Å². The van der Waals surface area contributed by atoms with E-state index in [1.165, 1.54) is 51.6 Å². The van der Waals surface area contributed by atoms with Crippen LogP contribution >= 0.6 is 15.9 Å². The van der Waals surface area contributed by atoms with E-state index in [-0.39, 0.29) is 0 Å². The van der Waals surface area contributed by atoms with Crippen LogP contribution in [0.3, 0.4) is 0 Å². The first kappa shape index (κ1) is 12.5. The lowest BCUT2D eigenvalue weighted by atomic mass is 9.94. The monoisotopic (exact) mass is 261 g/mol. The third-order valence-electron chi connectivity index (χ3n) is 3.12. The molecule has 2 heteroatoms. The van der Waals surface area contributed by atoms with Crippen LogP contribution in [-0.4, -0.2) is 28.9 Å². The van der Waals surface area contributed by atoms with Crippen molar-refractivity contribution >= 4 is 15.9 Å². The first-order chi connectivity index (χ1) is 6.77. The Morgan fingerprint density at radius 2 is 1.79 bits per heavy atom. The van der Waals surface area contributed by atoms with Crippen LogP contribution in [0.4, 0.5) is 0 Å². The maximum Gasteiger partial charge on any atom is 0.0160 e. The van der Waals surface area contributed by atoms with Gasteiger partial charge in [0.05, 0.1) is 0 Å². The minimum absolute atomic E-state index is 0.775. The molecule has 1 aliphatic rings. The first-order valence-electron chi connectivity index (χ1n) is 6.16. The summed E-state index contributed by atoms with van der Waals surface area (Å²) in [7, 11) is 0. The molecule has 1 nitrogen and oxygen atoms in total. The second-order valence-electron chi connectivity index (χ2n) is 4.45. The Morgan fingerprint density at radius 3 is 2.29 bits per heavy atom. The molecule has 2 unspecified atom stereocenters. The van der Waals surface area contributed by atoms with Crippen LogP contribution in [0.1, 0.15) is 52.4 Å². The third kappa shape index (κ3) is 3.90. The number of hydrogen-bond acceptors (Lipinski definition) is 1. The van der Waals surface area contributed by atoms with Gasteiger partial charge in [0.1, 0.15) is 0 Å². The molecule has 0 N–H and O–H groups in total. The van der Waals surface area contributed by atoms with Crippen LogP contribution in [0.25, 0.3) is 0 Å². The van der Waals surface area contributed by atoms with Crippen LogP contribution in [-0.2, 0) is 0 Å². The fraction of sp³-hybridized carbons (Fsp3) is 1.00. The standard InChI is InChI=1S/C12H24BrN/c1-3-8-14(9-4-2)12-7-5-6-11(13)10-12/h11-12H,3-10H2,1-2H3. The van der Waals surface area contributed by atoms with Gasteiger partial charge >= 0.3 is 0 Å². The Hall–Kier alpha value is 0.440. The summed E-state index contributed by atoms with van der Waals surface area (Å²) in [5.74, 6) is 0. The Morgan fingerprint density at radius 1 is 1.14 bits per heavy atom. The molecule has 84 valence electrons. The van der Waals surface area contributed by atoms with Crippen LogP contribution in [0.15, 0.2) is 0 Å². The van der Waals surface area contributed by atoms with Crippen molar-refractivity contribution in [1.82, 2.24) is 4.90 Å². The summed E-state index contributed by atoms with van der Waals surface area (Å²) in [5, 5.41) is 0. The van der Waals surface area contributed by atoms with Crippen molar-refractivity contribution in [1.29, 1.82) is 0 Å². The van der Waals surface area contributed by atoms with E-state index in [9.17, 15) is 0 Å². The lowest BCUT2D eigenvalue weighted by Gasteiger charge is -2.35. The molecule has 1 saturated carbocycles. The van der Waals surface area contributed by atoms with Gasteiger partial charge in [-0.05, 0) is 45.2 Å². The number of rotatable bonds is 5. The number of nitrogens with zero attached hydrogens (tertiary/aromatic N) is 1. The highest BCUT2D eigenvalue weighted by Crippen LogP contribution is 2.27. The van der Waals surface area contributed by atoms with Gasteiger partial charge in [0, 0.05) is 10.9 Å². The second kappa shape index (κ2) is 6.84. The molecule has 14 heavy (non-hydrogen) atoms. The fourth-order valence-electron chi connectivity index (χ4n) is 2.49. The zero-order valence-corrected chi connectivity index (χ0v) is 11.2. The Kier molecular flexibility index (Phi) is 6.11. The summed E-state index contributed by atoms with van der Waals surface area (Å²) in [6.45, 7) is 7.16. The molecule has 0 bridgehead atoms. The molecule has 0 spiro atoms. The highest BCUT2D eigenvalue weighted by atomic mass is 79.9. The van der Waals surface area contributed by atoms with Gasteiger partial charge in [0.15, 0.2) is 0 Å². The quantitative estimate of drug-likeness (QED) is 0.681. The molecule has 0 heterocycles. The molecule has 0 aromatic heterocycles. The molecule has 0 aliphatic heterocycles. The zero-order chi connectivity index (χ0) is 10.4. The molecule has 0 radical (unpaired) electrons. The largest absolute Gasteiger partial charge is 0.300 e. The van der Waals surface area contributed by atoms with Gasteiger partial charge in [-0.25, -0.2) is 0 Å². The lowest BCUT2D eigenvalue weighted by Crippen LogP contribution is -2.40. The highest BCUT2D eigenvalue weighted by Gasteiger charge is 2.24. The average molecular weight is 262 g/mol. The smallest absolute Gasteiger partial charge is 0.0160 e. The van der Waals surface area contributed by atoms with Crippen molar-refractivity contribution in [3.8, 4) is 0 Å². The van der Waals surface area contributed by atoms with Gasteiger partial charge in [-0.3, -0.25) is 0 Å². The van der Waals surface area contributed by atoms with E-state index < -0.39 is 0 Å². The maximum absolute atomic E-state index is 3.77. The SMILES string of the molecule is CCCN(CCC)C1CCCC(Br)C1. The van der Waals surface area contributed by atoms with E-state index in [1.54, 1.807) is 0 Å². The van der Waals surface area contributed by atoms with Gasteiger partial charge in [-0.1, -0.05) is 36.2 Å². The Bertz CT molecular complexity index is 141. The van der Waals surface area contributed by atoms with E-state index in [1.807, 2.05) is 0 Å². The molecule has 2 atom stereocenters. The predicted molar refractivity (Wildman–Crippen MR) is 67.1 cm³/mol. The normalized spacial score (nSPS) is 28.3. The van der Waals surface area contributed by atoms with Crippen LogP contribution in [0.2, 0.25) is 0 Å². The molecule has 0 saturated heterocycles. The lowest BCUT2D eigenvalue weighted by molar-refractivity contribution is 0.159. The van der Waals surface area contributed by atoms with Crippen molar-refractivity contribution in [3.05, 3.63) is 0 Å². The number of hydrogen-bond donors (Lipinski definition) is 0. The van der Waals surface area contributed by atoms with Gasteiger partial charge in [0.25, 0.3) is 0 Å². The van der Waals surface area contributed by atoms with Gasteiger partial charge in [-0.15, -0.1) is 0 Å². The van der Waals surface area contributed by atoms with Gasteiger partial charge < -0.3 is 4.90 Å². The van der Waals surface area contributed by atoms with Crippen molar-refractivity contribution < 1.29 is 0 Å². The average Bonchev–Trinajstić information content (AvgIpc) is 2.17. The van der Waals surface area contributed by atoms with Crippen LogP contribution in [0.5, 0.6) is 0 Å². The summed E-state index contributed by atoms with van der Waals surface area (Å²) in [6, 6.07) is 0.855. The number of halogens is 1. The predicted octanol–water partition coefficient (Wildman–Crippen LogP) is 3.81. The Balaban J connectivity index is 2.39. The molecular formula is C12H24BrN. The van der Waals surface area contributed by atoms with E-state index >= 15 is 0 Å². The van der Waals surface area contributed by atoms with Crippen LogP contribution < -0.4 is 0 Å². The summed E-state index contributed by atoms with van der Waals surface area (Å²) in [6.07, 6.45) is 8.15. The molecule has 0 amide bonds. The third-order valence-corrected chi connectivity index (χ3v) is 3.95. The summed E-state index contributed by atoms with van der Waals surface area (Å²) >= 11 is 3.77. The van der Waals surface area contributed by atoms with E-state index in [0.717, 1.165) is 10.9 Å². The van der Waals surface area contributed by atoms with Crippen LogP contribution in [0, 0.1) is 0 Å². The van der Waals surface area contributed by atoms with Gasteiger partial charge in [-0.2, -0.15) is 0 Å². The molecule has 0 aromatic rings. The summed E-state index contributed by atoms with van der Waals surface area (Å²) < 4.78 is 0. The van der Waals surface area contributed by atoms with Crippen molar-refractivity contribution in [2.24, 2.45) is 0 Å². The van der Waals surface area contributed by atoms with E-state index in [0.29, 0.717) is 0 Å². The minimum Gasteiger partial charge on any atom is -0.300 e. The second-order valence-corrected chi connectivity index (χ2v) is 5.75. The topological polar surface area (TPSA) is 3.24 Å². The fourth-order valence-corrected chi connectivity index (χ4v) is 3.24. The molecular weight excluding hydrogens is 238 g/mol. The molecule has 1 aliphatic carbocycles. The van der Waals surface area contributed by atoms with E-state index in [4.69, 9.17) is 0 Å². The van der Waals surface area contributed by atoms with Crippen molar-refractivity contribution in [2.45, 2.75) is 63.2 Å². The molecule has 1 fully saturated rings. The minimum atomic E-state index is 0.775. The summed E-state index contributed by atoms with van der Waals surface area (Å²) in [4.78, 5) is 3.48. The molecule has 1 rings (SSSR count). The molecule has 0 aromatic carbocycles. The first-order valence-corrected chi connectivity index (χ1v) is 7.07. The maximum atomic E-state index is 3.77. The van der Waals surface area contributed by atoms with Crippen molar-refractivity contribution in [2.75, 3.05) is 13.1 Å². The number of alkyl halides is 1.